The fourth-order valence-corrected chi connectivity index (χ4v) is 3.61. The van der Waals surface area contributed by atoms with Gasteiger partial charge in [0.05, 0.1) is 23.8 Å². The van der Waals surface area contributed by atoms with Gasteiger partial charge in [-0.15, -0.1) is 0 Å². The van der Waals surface area contributed by atoms with Crippen LogP contribution in [0, 0.1) is 5.92 Å². The Balaban J connectivity index is 1.77. The number of fused-ring (bicyclic) bond motifs is 1. The number of carbonyl (C=O) groups is 2. The average molecular weight is 370 g/mol. The van der Waals surface area contributed by atoms with Crippen molar-refractivity contribution in [2.75, 3.05) is 16.3 Å². The maximum atomic E-state index is 13.2. The van der Waals surface area contributed by atoms with Gasteiger partial charge in [0.25, 0.3) is 5.91 Å². The van der Waals surface area contributed by atoms with Gasteiger partial charge in [0, 0.05) is 12.1 Å². The molecule has 0 N–H and O–H groups in total. The van der Waals surface area contributed by atoms with Crippen molar-refractivity contribution < 1.29 is 9.59 Å². The van der Waals surface area contributed by atoms with E-state index in [-0.39, 0.29) is 17.7 Å². The second-order valence-electron chi connectivity index (χ2n) is 7.08. The number of benzene rings is 3. The summed E-state index contributed by atoms with van der Waals surface area (Å²) >= 11 is 0. The number of para-hydroxylation sites is 2. The van der Waals surface area contributed by atoms with E-state index in [0.29, 0.717) is 18.7 Å². The molecule has 4 heteroatoms. The molecule has 2 amide bonds. The number of nitrogens with zero attached hydrogens (tertiary/aromatic N) is 2. The van der Waals surface area contributed by atoms with E-state index in [1.54, 1.807) is 9.80 Å². The van der Waals surface area contributed by atoms with Crippen molar-refractivity contribution in [3.05, 3.63) is 96.1 Å². The van der Waals surface area contributed by atoms with E-state index in [0.717, 1.165) is 16.9 Å². The summed E-state index contributed by atoms with van der Waals surface area (Å²) in [7, 11) is 0. The molecule has 0 spiro atoms. The maximum Gasteiger partial charge on any atom is 0.258 e. The highest BCUT2D eigenvalue weighted by atomic mass is 16.2. The zero-order valence-corrected chi connectivity index (χ0v) is 15.8. The topological polar surface area (TPSA) is 40.6 Å². The molecule has 3 aromatic carbocycles. The number of hydrogen-bond acceptors (Lipinski definition) is 2. The lowest BCUT2D eigenvalue weighted by Gasteiger charge is -2.25. The van der Waals surface area contributed by atoms with E-state index in [1.807, 2.05) is 91.9 Å². The van der Waals surface area contributed by atoms with Crippen molar-refractivity contribution >= 4 is 23.2 Å². The van der Waals surface area contributed by atoms with Crippen LogP contribution in [-0.2, 0) is 11.3 Å². The molecule has 0 saturated heterocycles. The Hall–Kier alpha value is -3.40. The van der Waals surface area contributed by atoms with Crippen LogP contribution in [0.5, 0.6) is 0 Å². The highest BCUT2D eigenvalue weighted by molar-refractivity contribution is 6.11. The van der Waals surface area contributed by atoms with E-state index in [9.17, 15) is 9.59 Å². The minimum Gasteiger partial charge on any atom is -0.306 e. The lowest BCUT2D eigenvalue weighted by molar-refractivity contribution is -0.121. The lowest BCUT2D eigenvalue weighted by atomic mass is 10.1. The molecule has 0 bridgehead atoms. The lowest BCUT2D eigenvalue weighted by Crippen LogP contribution is -2.38. The van der Waals surface area contributed by atoms with Gasteiger partial charge in [0.1, 0.15) is 0 Å². The third kappa shape index (κ3) is 3.41. The van der Waals surface area contributed by atoms with Crippen LogP contribution in [0.25, 0.3) is 0 Å². The summed E-state index contributed by atoms with van der Waals surface area (Å²) in [5.74, 6) is -0.363. The standard InChI is InChI=1S/C24H22N2O2/c1-18-16-25(24(28)20-12-6-3-7-13-20)21-14-8-9-15-22(21)26(23(18)27)17-19-10-4-2-5-11-19/h2-15,18H,16-17H2,1H3. The first-order valence-electron chi connectivity index (χ1n) is 9.46. The molecule has 28 heavy (non-hydrogen) atoms. The van der Waals surface area contributed by atoms with Crippen LogP contribution in [0.3, 0.4) is 0 Å². The largest absolute Gasteiger partial charge is 0.306 e. The van der Waals surface area contributed by atoms with Gasteiger partial charge in [-0.3, -0.25) is 9.59 Å². The Morgan fingerprint density at radius 2 is 1.43 bits per heavy atom. The van der Waals surface area contributed by atoms with E-state index < -0.39 is 0 Å². The second-order valence-corrected chi connectivity index (χ2v) is 7.08. The van der Waals surface area contributed by atoms with Gasteiger partial charge in [-0.2, -0.15) is 0 Å². The van der Waals surface area contributed by atoms with Gasteiger partial charge >= 0.3 is 0 Å². The first-order chi connectivity index (χ1) is 13.6. The number of hydrogen-bond donors (Lipinski definition) is 0. The summed E-state index contributed by atoms with van der Waals surface area (Å²) in [6, 6.07) is 26.8. The number of carbonyl (C=O) groups excluding carboxylic acids is 2. The Labute approximate surface area is 165 Å². The SMILES string of the molecule is CC1CN(C(=O)c2ccccc2)c2ccccc2N(Cc2ccccc2)C1=O. The summed E-state index contributed by atoms with van der Waals surface area (Å²) in [5.41, 5.74) is 3.21. The quantitative estimate of drug-likeness (QED) is 0.680. The molecule has 140 valence electrons. The third-order valence-electron chi connectivity index (χ3n) is 5.06. The molecule has 0 radical (unpaired) electrons. The minimum absolute atomic E-state index is 0.0275. The van der Waals surface area contributed by atoms with Crippen molar-refractivity contribution in [1.29, 1.82) is 0 Å². The molecule has 1 heterocycles. The molecule has 4 rings (SSSR count). The van der Waals surface area contributed by atoms with Gasteiger partial charge < -0.3 is 9.80 Å². The molecule has 1 aliphatic rings. The zero-order chi connectivity index (χ0) is 19.5. The molecular formula is C24H22N2O2. The van der Waals surface area contributed by atoms with Crippen LogP contribution < -0.4 is 9.80 Å². The predicted molar refractivity (Wildman–Crippen MR) is 111 cm³/mol. The molecule has 0 saturated carbocycles. The van der Waals surface area contributed by atoms with E-state index >= 15 is 0 Å². The van der Waals surface area contributed by atoms with Gasteiger partial charge in [0.2, 0.25) is 5.91 Å². The maximum absolute atomic E-state index is 13.2. The molecule has 0 fully saturated rings. The molecule has 3 aromatic rings. The van der Waals surface area contributed by atoms with Gasteiger partial charge in [-0.05, 0) is 29.8 Å². The molecular weight excluding hydrogens is 348 g/mol. The number of amides is 2. The van der Waals surface area contributed by atoms with Gasteiger partial charge in [0.15, 0.2) is 0 Å². The first kappa shape index (κ1) is 18.0. The Morgan fingerprint density at radius 3 is 2.11 bits per heavy atom. The van der Waals surface area contributed by atoms with E-state index in [2.05, 4.69) is 0 Å². The summed E-state index contributed by atoms with van der Waals surface area (Å²) in [6.07, 6.45) is 0. The van der Waals surface area contributed by atoms with Crippen LogP contribution in [0.2, 0.25) is 0 Å². The monoisotopic (exact) mass is 370 g/mol. The smallest absolute Gasteiger partial charge is 0.258 e. The van der Waals surface area contributed by atoms with Gasteiger partial charge in [-0.1, -0.05) is 67.6 Å². The van der Waals surface area contributed by atoms with Crippen molar-refractivity contribution in [3.63, 3.8) is 0 Å². The minimum atomic E-state index is -0.302. The van der Waals surface area contributed by atoms with Crippen LogP contribution >= 0.6 is 0 Å². The third-order valence-corrected chi connectivity index (χ3v) is 5.06. The van der Waals surface area contributed by atoms with Crippen LogP contribution in [0.15, 0.2) is 84.9 Å². The summed E-state index contributed by atoms with van der Waals surface area (Å²) in [6.45, 7) is 2.72. The van der Waals surface area contributed by atoms with E-state index in [1.165, 1.54) is 0 Å². The van der Waals surface area contributed by atoms with Crippen molar-refractivity contribution in [1.82, 2.24) is 0 Å². The number of anilines is 2. The van der Waals surface area contributed by atoms with Crippen LogP contribution in [-0.4, -0.2) is 18.4 Å². The van der Waals surface area contributed by atoms with Crippen molar-refractivity contribution in [3.8, 4) is 0 Å². The first-order valence-corrected chi connectivity index (χ1v) is 9.46. The predicted octanol–water partition coefficient (Wildman–Crippen LogP) is 4.52. The summed E-state index contributed by atoms with van der Waals surface area (Å²) in [4.78, 5) is 30.0. The van der Waals surface area contributed by atoms with Crippen LogP contribution in [0.1, 0.15) is 22.8 Å². The second kappa shape index (κ2) is 7.69. The fourth-order valence-electron chi connectivity index (χ4n) is 3.61. The normalized spacial score (nSPS) is 16.5. The molecule has 1 atom stereocenters. The Morgan fingerprint density at radius 1 is 0.857 bits per heavy atom. The average Bonchev–Trinajstić information content (AvgIpc) is 2.85. The molecule has 0 aliphatic carbocycles. The fraction of sp³-hybridized carbons (Fsp3) is 0.167. The summed E-state index contributed by atoms with van der Waals surface area (Å²) in [5, 5.41) is 0. The number of rotatable bonds is 3. The summed E-state index contributed by atoms with van der Waals surface area (Å²) < 4.78 is 0. The molecule has 1 aliphatic heterocycles. The Bertz CT molecular complexity index is 971. The highest BCUT2D eigenvalue weighted by Gasteiger charge is 2.33. The zero-order valence-electron chi connectivity index (χ0n) is 15.8. The van der Waals surface area contributed by atoms with Crippen molar-refractivity contribution in [2.45, 2.75) is 13.5 Å². The van der Waals surface area contributed by atoms with Crippen molar-refractivity contribution in [2.24, 2.45) is 5.92 Å². The molecule has 1 unspecified atom stereocenters. The molecule has 0 aromatic heterocycles. The van der Waals surface area contributed by atoms with E-state index in [4.69, 9.17) is 0 Å². The van der Waals surface area contributed by atoms with Crippen LogP contribution in [0.4, 0.5) is 11.4 Å². The van der Waals surface area contributed by atoms with Gasteiger partial charge in [-0.25, -0.2) is 0 Å². The molecule has 4 nitrogen and oxygen atoms in total. The highest BCUT2D eigenvalue weighted by Crippen LogP contribution is 2.35. The Kier molecular flexibility index (Phi) is 4.94.